The molecule has 1 N–H and O–H groups in total. The first-order valence-corrected chi connectivity index (χ1v) is 8.81. The molecule has 0 spiro atoms. The van der Waals surface area contributed by atoms with Crippen molar-refractivity contribution < 1.29 is 18.7 Å². The number of hydrogen-bond acceptors (Lipinski definition) is 4. The number of halogens is 2. The summed E-state index contributed by atoms with van der Waals surface area (Å²) in [4.78, 5) is 14.2. The Balaban J connectivity index is 1.52. The van der Waals surface area contributed by atoms with E-state index >= 15 is 0 Å². The lowest BCUT2D eigenvalue weighted by atomic mass is 10.1. The third-order valence-electron chi connectivity index (χ3n) is 4.02. The number of para-hydroxylation sites is 1. The summed E-state index contributed by atoms with van der Waals surface area (Å²) in [5.41, 5.74) is 1.24. The fraction of sp³-hybridized carbons (Fsp3) is 0.316. The quantitative estimate of drug-likeness (QED) is 0.782. The second-order valence-corrected chi connectivity index (χ2v) is 6.21. The maximum Gasteiger partial charge on any atom is 0.255 e. The van der Waals surface area contributed by atoms with Gasteiger partial charge < -0.3 is 19.7 Å². The minimum atomic E-state index is -0.387. The van der Waals surface area contributed by atoms with Gasteiger partial charge in [-0.1, -0.05) is 23.7 Å². The molecule has 138 valence electrons. The first-order valence-electron chi connectivity index (χ1n) is 8.43. The van der Waals surface area contributed by atoms with Crippen LogP contribution >= 0.6 is 11.6 Å². The SMILES string of the molecule is O=C(c1ccc(NCCOc2ccccc2F)cc1Cl)N1CCOCC1. The molecule has 0 aromatic heterocycles. The van der Waals surface area contributed by atoms with Gasteiger partial charge in [-0.05, 0) is 30.3 Å². The number of carbonyl (C=O) groups is 1. The van der Waals surface area contributed by atoms with Crippen molar-refractivity contribution in [1.29, 1.82) is 0 Å². The molecule has 1 aliphatic heterocycles. The molecular formula is C19H20ClFN2O3. The van der Waals surface area contributed by atoms with Crippen molar-refractivity contribution in [2.24, 2.45) is 0 Å². The van der Waals surface area contributed by atoms with Gasteiger partial charge in [-0.2, -0.15) is 0 Å². The van der Waals surface area contributed by atoms with Crippen LogP contribution < -0.4 is 10.1 Å². The summed E-state index contributed by atoms with van der Waals surface area (Å²) in [6.45, 7) is 3.01. The van der Waals surface area contributed by atoms with Crippen molar-refractivity contribution in [1.82, 2.24) is 4.90 Å². The topological polar surface area (TPSA) is 50.8 Å². The van der Waals surface area contributed by atoms with E-state index in [1.165, 1.54) is 6.07 Å². The van der Waals surface area contributed by atoms with Crippen LogP contribution in [0.3, 0.4) is 0 Å². The maximum atomic E-state index is 13.5. The molecule has 0 bridgehead atoms. The van der Waals surface area contributed by atoms with Gasteiger partial charge in [0.25, 0.3) is 5.91 Å². The molecule has 1 heterocycles. The van der Waals surface area contributed by atoms with Gasteiger partial charge in [0, 0.05) is 25.3 Å². The highest BCUT2D eigenvalue weighted by atomic mass is 35.5. The summed E-state index contributed by atoms with van der Waals surface area (Å²) >= 11 is 6.27. The molecule has 7 heteroatoms. The summed E-state index contributed by atoms with van der Waals surface area (Å²) in [6, 6.07) is 11.5. The van der Waals surface area contributed by atoms with E-state index in [9.17, 15) is 9.18 Å². The molecular weight excluding hydrogens is 359 g/mol. The monoisotopic (exact) mass is 378 g/mol. The molecule has 1 saturated heterocycles. The van der Waals surface area contributed by atoms with Crippen LogP contribution in [0.1, 0.15) is 10.4 Å². The molecule has 0 saturated carbocycles. The van der Waals surface area contributed by atoms with Crippen molar-refractivity contribution in [2.75, 3.05) is 44.8 Å². The van der Waals surface area contributed by atoms with Crippen LogP contribution in [0.15, 0.2) is 42.5 Å². The lowest BCUT2D eigenvalue weighted by molar-refractivity contribution is 0.0303. The van der Waals surface area contributed by atoms with Gasteiger partial charge in [0.05, 0.1) is 23.8 Å². The van der Waals surface area contributed by atoms with E-state index in [0.717, 1.165) is 5.69 Å². The van der Waals surface area contributed by atoms with E-state index in [-0.39, 0.29) is 17.5 Å². The van der Waals surface area contributed by atoms with Gasteiger partial charge in [-0.3, -0.25) is 4.79 Å². The summed E-state index contributed by atoms with van der Waals surface area (Å²) in [7, 11) is 0. The zero-order valence-corrected chi connectivity index (χ0v) is 15.0. The minimum Gasteiger partial charge on any atom is -0.489 e. The molecule has 1 amide bonds. The normalized spacial score (nSPS) is 14.2. The van der Waals surface area contributed by atoms with E-state index in [4.69, 9.17) is 21.1 Å². The number of amides is 1. The molecule has 2 aromatic rings. The molecule has 0 atom stereocenters. The third kappa shape index (κ3) is 4.65. The largest absolute Gasteiger partial charge is 0.489 e. The van der Waals surface area contributed by atoms with Gasteiger partial charge in [0.2, 0.25) is 0 Å². The van der Waals surface area contributed by atoms with E-state index in [2.05, 4.69) is 5.32 Å². The number of morpholine rings is 1. The highest BCUT2D eigenvalue weighted by Crippen LogP contribution is 2.23. The number of hydrogen-bond donors (Lipinski definition) is 1. The highest BCUT2D eigenvalue weighted by Gasteiger charge is 2.20. The van der Waals surface area contributed by atoms with E-state index < -0.39 is 0 Å². The predicted octanol–water partition coefficient (Wildman–Crippen LogP) is 3.44. The summed E-state index contributed by atoms with van der Waals surface area (Å²) in [5.74, 6) is -0.256. The van der Waals surface area contributed by atoms with Crippen LogP contribution in [0.5, 0.6) is 5.75 Å². The Morgan fingerprint density at radius 2 is 2.00 bits per heavy atom. The lowest BCUT2D eigenvalue weighted by Crippen LogP contribution is -2.40. The Labute approximate surface area is 156 Å². The molecule has 3 rings (SSSR count). The number of benzene rings is 2. The third-order valence-corrected chi connectivity index (χ3v) is 4.34. The molecule has 1 aliphatic rings. The Kier molecular flexibility index (Phi) is 6.30. The molecule has 1 fully saturated rings. The molecule has 0 aliphatic carbocycles. The summed E-state index contributed by atoms with van der Waals surface area (Å²) in [5, 5.41) is 3.53. The van der Waals surface area contributed by atoms with Crippen molar-refractivity contribution in [3.8, 4) is 5.75 Å². The predicted molar refractivity (Wildman–Crippen MR) is 98.6 cm³/mol. The molecule has 0 unspecified atom stereocenters. The second kappa shape index (κ2) is 8.87. The van der Waals surface area contributed by atoms with E-state index in [1.54, 1.807) is 41.3 Å². The number of anilines is 1. The Bertz CT molecular complexity index is 766. The Morgan fingerprint density at radius 3 is 2.73 bits per heavy atom. The van der Waals surface area contributed by atoms with Crippen LogP contribution in [0.25, 0.3) is 0 Å². The number of nitrogens with one attached hydrogen (secondary N) is 1. The molecule has 5 nitrogen and oxygen atoms in total. The molecule has 26 heavy (non-hydrogen) atoms. The van der Waals surface area contributed by atoms with Gasteiger partial charge in [0.15, 0.2) is 11.6 Å². The van der Waals surface area contributed by atoms with Crippen molar-refractivity contribution >= 4 is 23.2 Å². The summed E-state index contributed by atoms with van der Waals surface area (Å²) in [6.07, 6.45) is 0. The average molecular weight is 379 g/mol. The smallest absolute Gasteiger partial charge is 0.255 e. The number of nitrogens with zero attached hydrogens (tertiary/aromatic N) is 1. The zero-order valence-electron chi connectivity index (χ0n) is 14.2. The Hall–Kier alpha value is -2.31. The second-order valence-electron chi connectivity index (χ2n) is 5.80. The zero-order chi connectivity index (χ0) is 18.4. The standard InChI is InChI=1S/C19H20ClFN2O3/c20-16-13-14(22-7-10-26-18-4-2-1-3-17(18)21)5-6-15(16)19(24)23-8-11-25-12-9-23/h1-6,13,22H,7-12H2. The van der Waals surface area contributed by atoms with Crippen LogP contribution in [-0.4, -0.2) is 50.3 Å². The van der Waals surface area contributed by atoms with Crippen molar-refractivity contribution in [3.63, 3.8) is 0 Å². The van der Waals surface area contributed by atoms with Crippen molar-refractivity contribution in [3.05, 3.63) is 58.9 Å². The van der Waals surface area contributed by atoms with Crippen LogP contribution in [0.2, 0.25) is 5.02 Å². The molecule has 2 aromatic carbocycles. The van der Waals surface area contributed by atoms with Crippen molar-refractivity contribution in [2.45, 2.75) is 0 Å². The van der Waals surface area contributed by atoms with Gasteiger partial charge in [-0.25, -0.2) is 4.39 Å². The number of carbonyl (C=O) groups excluding carboxylic acids is 1. The lowest BCUT2D eigenvalue weighted by Gasteiger charge is -2.27. The molecule has 0 radical (unpaired) electrons. The fourth-order valence-electron chi connectivity index (χ4n) is 2.65. The van der Waals surface area contributed by atoms with Crippen LogP contribution in [0, 0.1) is 5.82 Å². The number of ether oxygens (including phenoxy) is 2. The minimum absolute atomic E-state index is 0.0901. The fourth-order valence-corrected chi connectivity index (χ4v) is 2.91. The first-order chi connectivity index (χ1) is 12.6. The maximum absolute atomic E-state index is 13.5. The van der Waals surface area contributed by atoms with E-state index in [0.29, 0.717) is 50.0 Å². The first kappa shape index (κ1) is 18.5. The van der Waals surface area contributed by atoms with Gasteiger partial charge >= 0.3 is 0 Å². The van der Waals surface area contributed by atoms with Gasteiger partial charge in [-0.15, -0.1) is 0 Å². The highest BCUT2D eigenvalue weighted by molar-refractivity contribution is 6.34. The Morgan fingerprint density at radius 1 is 1.23 bits per heavy atom. The number of rotatable bonds is 6. The van der Waals surface area contributed by atoms with Crippen LogP contribution in [0.4, 0.5) is 10.1 Å². The summed E-state index contributed by atoms with van der Waals surface area (Å²) < 4.78 is 24.1. The van der Waals surface area contributed by atoms with Crippen LogP contribution in [-0.2, 0) is 4.74 Å². The van der Waals surface area contributed by atoms with E-state index in [1.807, 2.05) is 0 Å². The van der Waals surface area contributed by atoms with Gasteiger partial charge in [0.1, 0.15) is 6.61 Å². The average Bonchev–Trinajstić information content (AvgIpc) is 2.67.